The maximum Gasteiger partial charge on any atom is 0.394 e. The maximum absolute atomic E-state index is 8.74. The molecule has 1 aliphatic rings. The Balaban J connectivity index is 0.000000595. The second kappa shape index (κ2) is 11.2. The maximum atomic E-state index is 8.74. The highest BCUT2D eigenvalue weighted by molar-refractivity contribution is 7.79. The van der Waals surface area contributed by atoms with Crippen molar-refractivity contribution >= 4 is 44.5 Å². The molecule has 0 atom stereocenters. The predicted molar refractivity (Wildman–Crippen MR) is 164 cm³/mol. The van der Waals surface area contributed by atoms with Gasteiger partial charge >= 0.3 is 10.4 Å². The van der Waals surface area contributed by atoms with Crippen LogP contribution in [0, 0.1) is 0 Å². The molecule has 5 aromatic rings. The first-order valence-corrected chi connectivity index (χ1v) is 14.0. The van der Waals surface area contributed by atoms with E-state index < -0.39 is 10.4 Å². The van der Waals surface area contributed by atoms with E-state index in [1.807, 2.05) is 0 Å². The third kappa shape index (κ3) is 6.00. The summed E-state index contributed by atoms with van der Waals surface area (Å²) < 4.78 is 31.6. The summed E-state index contributed by atoms with van der Waals surface area (Å²) in [6.07, 6.45) is 0. The summed E-state index contributed by atoms with van der Waals surface area (Å²) in [6.45, 7) is 0. The molecule has 0 spiro atoms. The molecule has 0 fully saturated rings. The van der Waals surface area contributed by atoms with E-state index in [0.29, 0.717) is 0 Å². The van der Waals surface area contributed by atoms with Crippen LogP contribution in [0.15, 0.2) is 121 Å². The van der Waals surface area contributed by atoms with Gasteiger partial charge in [0.25, 0.3) is 0 Å². The molecule has 0 radical (unpaired) electrons. The van der Waals surface area contributed by atoms with Crippen molar-refractivity contribution in [2.24, 2.45) is 0 Å². The summed E-state index contributed by atoms with van der Waals surface area (Å²) in [7, 11) is -0.450. The molecule has 0 unspecified atom stereocenters. The molecular weight excluding hydrogens is 522 g/mol. The topological polar surface area (TPSA) is 93.1 Å². The van der Waals surface area contributed by atoms with E-state index in [1.165, 1.54) is 27.9 Å². The molecule has 0 saturated carbocycles. The molecule has 7 nitrogen and oxygen atoms in total. The van der Waals surface area contributed by atoms with Crippen molar-refractivity contribution in [3.8, 4) is 22.3 Å². The Morgan fingerprint density at radius 2 is 1.15 bits per heavy atom. The van der Waals surface area contributed by atoms with Gasteiger partial charge in [0.1, 0.15) is 0 Å². The van der Waals surface area contributed by atoms with Gasteiger partial charge in [0.2, 0.25) is 0 Å². The minimum atomic E-state index is -4.67. The first-order chi connectivity index (χ1) is 19.2. The monoisotopic (exact) mass is 551 g/mol. The summed E-state index contributed by atoms with van der Waals surface area (Å²) >= 11 is 0. The number of fused-ring (bicyclic) bond motifs is 2. The predicted octanol–water partition coefficient (Wildman–Crippen LogP) is 7.96. The van der Waals surface area contributed by atoms with Crippen LogP contribution in [0.25, 0.3) is 22.3 Å². The zero-order chi connectivity index (χ0) is 28.3. The van der Waals surface area contributed by atoms with Crippen molar-refractivity contribution in [2.75, 3.05) is 29.2 Å². The van der Waals surface area contributed by atoms with E-state index in [0.717, 1.165) is 28.4 Å². The molecule has 0 aliphatic carbocycles. The van der Waals surface area contributed by atoms with E-state index in [4.69, 9.17) is 17.5 Å². The van der Waals surface area contributed by atoms with Crippen molar-refractivity contribution in [1.29, 1.82) is 0 Å². The fourth-order valence-electron chi connectivity index (χ4n) is 4.85. The SMILES string of the molecule is CN(C)c1cc2c(cc1-c1ccccc1)Nc1cc(-c3ccccc3)ccc1N2c1ccccc1.O=S(=O)(O)O. The van der Waals surface area contributed by atoms with Gasteiger partial charge in [0.05, 0.1) is 22.7 Å². The average molecular weight is 552 g/mol. The summed E-state index contributed by atoms with van der Waals surface area (Å²) in [5, 5.41) is 3.77. The van der Waals surface area contributed by atoms with Crippen LogP contribution in [-0.4, -0.2) is 31.6 Å². The molecule has 0 aromatic heterocycles. The van der Waals surface area contributed by atoms with Crippen molar-refractivity contribution in [3.63, 3.8) is 0 Å². The molecule has 0 bridgehead atoms. The van der Waals surface area contributed by atoms with E-state index in [2.05, 4.69) is 151 Å². The third-order valence-electron chi connectivity index (χ3n) is 6.55. The van der Waals surface area contributed by atoms with Crippen molar-refractivity contribution in [1.82, 2.24) is 0 Å². The second-order valence-corrected chi connectivity index (χ2v) is 10.4. The van der Waals surface area contributed by atoms with E-state index in [-0.39, 0.29) is 0 Å². The molecule has 6 rings (SSSR count). The van der Waals surface area contributed by atoms with Gasteiger partial charge in [-0.25, -0.2) is 0 Å². The molecule has 5 aromatic carbocycles. The smallest absolute Gasteiger partial charge is 0.377 e. The summed E-state index contributed by atoms with van der Waals surface area (Å²) in [5.74, 6) is 0. The van der Waals surface area contributed by atoms with Crippen LogP contribution < -0.4 is 15.1 Å². The fraction of sp³-hybridized carbons (Fsp3) is 0.0625. The third-order valence-corrected chi connectivity index (χ3v) is 6.55. The largest absolute Gasteiger partial charge is 0.394 e. The van der Waals surface area contributed by atoms with E-state index in [9.17, 15) is 0 Å². The molecule has 8 heteroatoms. The number of hydrogen-bond acceptors (Lipinski definition) is 5. The lowest BCUT2D eigenvalue weighted by Crippen LogP contribution is -2.19. The van der Waals surface area contributed by atoms with Crippen LogP contribution in [0.2, 0.25) is 0 Å². The van der Waals surface area contributed by atoms with Crippen LogP contribution in [0.1, 0.15) is 0 Å². The summed E-state index contributed by atoms with van der Waals surface area (Å²) in [4.78, 5) is 4.55. The van der Waals surface area contributed by atoms with E-state index >= 15 is 0 Å². The second-order valence-electron chi connectivity index (χ2n) is 9.49. The number of anilines is 6. The van der Waals surface area contributed by atoms with Gasteiger partial charge in [-0.05, 0) is 53.1 Å². The Kier molecular flexibility index (Phi) is 7.57. The quantitative estimate of drug-likeness (QED) is 0.191. The van der Waals surface area contributed by atoms with Gasteiger partial charge in [-0.2, -0.15) is 8.42 Å². The van der Waals surface area contributed by atoms with Crippen LogP contribution in [0.4, 0.5) is 34.1 Å². The van der Waals surface area contributed by atoms with Gasteiger partial charge in [0.15, 0.2) is 0 Å². The number of rotatable bonds is 4. The lowest BCUT2D eigenvalue weighted by molar-refractivity contribution is 0.381. The molecule has 0 saturated heterocycles. The Hall–Kier alpha value is -4.63. The Bertz CT molecular complexity index is 1720. The molecule has 202 valence electrons. The van der Waals surface area contributed by atoms with Gasteiger partial charge in [-0.15, -0.1) is 0 Å². The van der Waals surface area contributed by atoms with Gasteiger partial charge in [-0.3, -0.25) is 9.11 Å². The highest BCUT2D eigenvalue weighted by Crippen LogP contribution is 2.51. The lowest BCUT2D eigenvalue weighted by Gasteiger charge is -2.36. The first-order valence-electron chi connectivity index (χ1n) is 12.6. The minimum Gasteiger partial charge on any atom is -0.377 e. The number of para-hydroxylation sites is 1. The number of nitrogens with one attached hydrogen (secondary N) is 1. The Labute approximate surface area is 234 Å². The van der Waals surface area contributed by atoms with Crippen LogP contribution in [0.3, 0.4) is 0 Å². The van der Waals surface area contributed by atoms with Crippen LogP contribution in [-0.2, 0) is 10.4 Å². The lowest BCUT2D eigenvalue weighted by atomic mass is 9.97. The average Bonchev–Trinajstić information content (AvgIpc) is 2.95. The summed E-state index contributed by atoms with van der Waals surface area (Å²) in [6, 6.07) is 43.0. The number of benzene rings is 5. The van der Waals surface area contributed by atoms with E-state index in [1.54, 1.807) is 0 Å². The molecule has 40 heavy (non-hydrogen) atoms. The van der Waals surface area contributed by atoms with Crippen molar-refractivity contribution < 1.29 is 17.5 Å². The zero-order valence-electron chi connectivity index (χ0n) is 22.1. The highest BCUT2D eigenvalue weighted by Gasteiger charge is 2.26. The molecule has 1 heterocycles. The fourth-order valence-corrected chi connectivity index (χ4v) is 4.85. The Morgan fingerprint density at radius 1 is 0.625 bits per heavy atom. The molecule has 3 N–H and O–H groups in total. The standard InChI is InChI=1S/C32H27N3.H2O4S/c1-34(2)31-22-32-29(21-27(31)24-14-8-4-9-15-24)33-28-20-25(23-12-6-3-7-13-23)18-19-30(28)35(32)26-16-10-5-11-17-26;1-5(2,3)4/h3-22,33H,1-2H3;(H2,1,2,3,4). The number of nitrogens with zero attached hydrogens (tertiary/aromatic N) is 2. The molecule has 1 aliphatic heterocycles. The zero-order valence-corrected chi connectivity index (χ0v) is 22.9. The normalized spacial score (nSPS) is 11.8. The van der Waals surface area contributed by atoms with Crippen molar-refractivity contribution in [2.45, 2.75) is 0 Å². The van der Waals surface area contributed by atoms with Gasteiger partial charge in [0, 0.05) is 31.0 Å². The minimum absolute atomic E-state index is 1.09. The number of hydrogen-bond donors (Lipinski definition) is 3. The van der Waals surface area contributed by atoms with Gasteiger partial charge in [-0.1, -0.05) is 84.9 Å². The summed E-state index contributed by atoms with van der Waals surface area (Å²) in [5.41, 5.74) is 11.6. The van der Waals surface area contributed by atoms with Crippen molar-refractivity contribution in [3.05, 3.63) is 121 Å². The first kappa shape index (κ1) is 27.0. The van der Waals surface area contributed by atoms with Crippen LogP contribution >= 0.6 is 0 Å². The van der Waals surface area contributed by atoms with Gasteiger partial charge < -0.3 is 15.1 Å². The molecular formula is C32H29N3O4S. The highest BCUT2D eigenvalue weighted by atomic mass is 32.3. The Morgan fingerprint density at radius 3 is 1.73 bits per heavy atom. The van der Waals surface area contributed by atoms with Crippen LogP contribution in [0.5, 0.6) is 0 Å². The molecule has 0 amide bonds.